The van der Waals surface area contributed by atoms with Gasteiger partial charge < -0.3 is 0 Å². The Kier molecular flexibility index (Phi) is 4.66. The minimum Gasteiger partial charge on any atom is -0.274 e. The number of imide groups is 1. The second kappa shape index (κ2) is 7.63. The van der Waals surface area contributed by atoms with E-state index in [1.807, 2.05) is 0 Å². The number of hydrogen-bond donors (Lipinski definition) is 0. The van der Waals surface area contributed by atoms with Gasteiger partial charge in [-0.05, 0) is 60.4 Å². The number of allylic oxidation sites excluding steroid dienone is 3. The van der Waals surface area contributed by atoms with Gasteiger partial charge in [-0.25, -0.2) is 9.29 Å². The average molecular weight is 450 g/mol. The van der Waals surface area contributed by atoms with E-state index in [2.05, 4.69) is 74.5 Å². The summed E-state index contributed by atoms with van der Waals surface area (Å²) < 4.78 is 13.4. The fourth-order valence-corrected chi connectivity index (χ4v) is 5.88. The molecule has 3 nitrogen and oxygen atoms in total. The molecule has 1 heterocycles. The monoisotopic (exact) mass is 449 g/mol. The Morgan fingerprint density at radius 2 is 1.12 bits per heavy atom. The van der Waals surface area contributed by atoms with Crippen LogP contribution in [0.4, 0.5) is 10.1 Å². The highest BCUT2D eigenvalue weighted by atomic mass is 19.1. The van der Waals surface area contributed by atoms with E-state index in [0.29, 0.717) is 5.69 Å². The van der Waals surface area contributed by atoms with Gasteiger partial charge in [-0.1, -0.05) is 71.8 Å². The Morgan fingerprint density at radius 3 is 1.56 bits per heavy atom. The van der Waals surface area contributed by atoms with Crippen molar-refractivity contribution in [2.45, 2.75) is 13.8 Å². The standard InChI is InChI=1S/C30H24FNO2/c1-17-3-7-19(8-4-17)25(20-9-5-18(2)6-10-20)26-23-15-16-24(26)28-27(23)29(33)32(30(28)34)22-13-11-21(31)12-14-22/h3-16,23-24,27-28H,1-2H3/t23-,24-,27-,28+/m1/s1. The van der Waals surface area contributed by atoms with Gasteiger partial charge in [0.25, 0.3) is 0 Å². The summed E-state index contributed by atoms with van der Waals surface area (Å²) in [7, 11) is 0. The number of carbonyl (C=O) groups excluding carboxylic acids is 2. The van der Waals surface area contributed by atoms with Gasteiger partial charge in [-0.2, -0.15) is 0 Å². The maximum Gasteiger partial charge on any atom is 0.238 e. The van der Waals surface area contributed by atoms with Crippen molar-refractivity contribution in [3.05, 3.63) is 119 Å². The van der Waals surface area contributed by atoms with Gasteiger partial charge in [0, 0.05) is 11.8 Å². The van der Waals surface area contributed by atoms with E-state index in [1.54, 1.807) is 0 Å². The summed E-state index contributed by atoms with van der Waals surface area (Å²) >= 11 is 0. The molecular weight excluding hydrogens is 425 g/mol. The molecule has 34 heavy (non-hydrogen) atoms. The van der Waals surface area contributed by atoms with Crippen molar-refractivity contribution in [3.63, 3.8) is 0 Å². The predicted octanol–water partition coefficient (Wildman–Crippen LogP) is 5.87. The van der Waals surface area contributed by atoms with Crippen molar-refractivity contribution < 1.29 is 14.0 Å². The number of anilines is 1. The molecular formula is C30H24FNO2. The molecule has 1 aliphatic heterocycles. The topological polar surface area (TPSA) is 37.4 Å². The summed E-state index contributed by atoms with van der Waals surface area (Å²) in [5, 5.41) is 0. The van der Waals surface area contributed by atoms with Crippen molar-refractivity contribution in [3.8, 4) is 0 Å². The molecule has 2 fully saturated rings. The normalized spacial score (nSPS) is 24.8. The zero-order valence-corrected chi connectivity index (χ0v) is 19.0. The van der Waals surface area contributed by atoms with Crippen LogP contribution in [0.3, 0.4) is 0 Å². The molecule has 0 spiro atoms. The summed E-state index contributed by atoms with van der Waals surface area (Å²) in [6.07, 6.45) is 4.20. The third-order valence-electron chi connectivity index (χ3n) is 7.47. The first-order valence-corrected chi connectivity index (χ1v) is 11.6. The van der Waals surface area contributed by atoms with E-state index in [0.717, 1.165) is 22.3 Å². The van der Waals surface area contributed by atoms with Crippen LogP contribution in [0.2, 0.25) is 0 Å². The van der Waals surface area contributed by atoms with Gasteiger partial charge in [0.1, 0.15) is 5.82 Å². The minimum absolute atomic E-state index is 0.130. The van der Waals surface area contributed by atoms with Crippen LogP contribution < -0.4 is 4.90 Å². The number of aryl methyl sites for hydroxylation is 2. The Morgan fingerprint density at radius 1 is 0.676 bits per heavy atom. The Bertz CT molecular complexity index is 1290. The number of fused-ring (bicyclic) bond motifs is 5. The third kappa shape index (κ3) is 3.02. The van der Waals surface area contributed by atoms with Crippen molar-refractivity contribution in [1.29, 1.82) is 0 Å². The second-order valence-electron chi connectivity index (χ2n) is 9.54. The number of benzene rings is 3. The Balaban J connectivity index is 1.48. The van der Waals surface area contributed by atoms with Gasteiger partial charge in [0.05, 0.1) is 17.5 Å². The molecule has 168 valence electrons. The smallest absolute Gasteiger partial charge is 0.238 e. The number of amides is 2. The van der Waals surface area contributed by atoms with Crippen molar-refractivity contribution >= 4 is 23.1 Å². The van der Waals surface area contributed by atoms with Crippen LogP contribution in [0.5, 0.6) is 0 Å². The molecule has 0 aromatic heterocycles. The maximum atomic E-state index is 13.6. The molecule has 2 aliphatic carbocycles. The average Bonchev–Trinajstić information content (AvgIpc) is 3.47. The lowest BCUT2D eigenvalue weighted by molar-refractivity contribution is -0.122. The highest BCUT2D eigenvalue weighted by molar-refractivity contribution is 6.23. The number of nitrogens with zero attached hydrogens (tertiary/aromatic N) is 1. The first-order chi connectivity index (χ1) is 16.4. The van der Waals surface area contributed by atoms with Crippen molar-refractivity contribution in [1.82, 2.24) is 0 Å². The van der Waals surface area contributed by atoms with Gasteiger partial charge >= 0.3 is 0 Å². The molecule has 3 aromatic rings. The number of hydrogen-bond acceptors (Lipinski definition) is 2. The number of rotatable bonds is 3. The van der Waals surface area contributed by atoms with Crippen molar-refractivity contribution in [2.75, 3.05) is 4.90 Å². The molecule has 6 rings (SSSR count). The molecule has 4 atom stereocenters. The maximum absolute atomic E-state index is 13.6. The Labute approximate surface area is 198 Å². The molecule has 1 saturated heterocycles. The van der Waals surface area contributed by atoms with E-state index in [-0.39, 0.29) is 23.7 Å². The predicted molar refractivity (Wildman–Crippen MR) is 130 cm³/mol. The lowest BCUT2D eigenvalue weighted by atomic mass is 9.85. The molecule has 0 unspecified atom stereocenters. The number of halogens is 1. The molecule has 3 aromatic carbocycles. The molecule has 2 amide bonds. The molecule has 3 aliphatic rings. The summed E-state index contributed by atoms with van der Waals surface area (Å²) in [5.74, 6) is -1.88. The summed E-state index contributed by atoms with van der Waals surface area (Å²) in [5.41, 5.74) is 7.26. The fourth-order valence-electron chi connectivity index (χ4n) is 5.88. The highest BCUT2D eigenvalue weighted by Crippen LogP contribution is 2.58. The van der Waals surface area contributed by atoms with Crippen LogP contribution in [0.1, 0.15) is 22.3 Å². The first-order valence-electron chi connectivity index (χ1n) is 11.6. The van der Waals surface area contributed by atoms with E-state index in [4.69, 9.17) is 0 Å². The summed E-state index contributed by atoms with van der Waals surface area (Å²) in [4.78, 5) is 28.4. The zero-order chi connectivity index (χ0) is 23.6. The highest BCUT2D eigenvalue weighted by Gasteiger charge is 2.62. The Hall–Kier alpha value is -3.79. The van der Waals surface area contributed by atoms with Crippen LogP contribution in [-0.2, 0) is 9.59 Å². The number of carbonyl (C=O) groups is 2. The lowest BCUT2D eigenvalue weighted by Gasteiger charge is -2.22. The summed E-state index contributed by atoms with van der Waals surface area (Å²) in [6.45, 7) is 4.13. The van der Waals surface area contributed by atoms with Gasteiger partial charge in [0.2, 0.25) is 11.8 Å². The van der Waals surface area contributed by atoms with Crippen LogP contribution >= 0.6 is 0 Å². The fraction of sp³-hybridized carbons (Fsp3) is 0.200. The van der Waals surface area contributed by atoms with Gasteiger partial charge in [-0.15, -0.1) is 0 Å². The zero-order valence-electron chi connectivity index (χ0n) is 19.0. The minimum atomic E-state index is -0.423. The quantitative estimate of drug-likeness (QED) is 0.371. The van der Waals surface area contributed by atoms with Gasteiger partial charge in [0.15, 0.2) is 0 Å². The molecule has 2 bridgehead atoms. The first kappa shape index (κ1) is 20.8. The van der Waals surface area contributed by atoms with Crippen molar-refractivity contribution in [2.24, 2.45) is 23.7 Å². The lowest BCUT2D eigenvalue weighted by Crippen LogP contribution is -2.33. The van der Waals surface area contributed by atoms with E-state index < -0.39 is 17.7 Å². The van der Waals surface area contributed by atoms with E-state index >= 15 is 0 Å². The molecule has 0 radical (unpaired) electrons. The largest absolute Gasteiger partial charge is 0.274 e. The van der Waals surface area contributed by atoms with Gasteiger partial charge in [-0.3, -0.25) is 9.59 Å². The van der Waals surface area contributed by atoms with Crippen LogP contribution in [0, 0.1) is 43.3 Å². The summed E-state index contributed by atoms with van der Waals surface area (Å²) in [6, 6.07) is 22.5. The second-order valence-corrected chi connectivity index (χ2v) is 9.54. The van der Waals surface area contributed by atoms with Crippen LogP contribution in [0.15, 0.2) is 90.5 Å². The molecule has 4 heteroatoms. The molecule has 1 saturated carbocycles. The third-order valence-corrected chi connectivity index (χ3v) is 7.47. The van der Waals surface area contributed by atoms with E-state index in [1.165, 1.54) is 40.3 Å². The molecule has 0 N–H and O–H groups in total. The van der Waals surface area contributed by atoms with Crippen LogP contribution in [0.25, 0.3) is 5.57 Å². The van der Waals surface area contributed by atoms with Crippen LogP contribution in [-0.4, -0.2) is 11.8 Å². The SMILES string of the molecule is Cc1ccc(C(=C2[C@H]3C=C[C@H]2[C@H]2C(=O)N(c4ccc(F)cc4)C(=O)[C@H]23)c2ccc(C)cc2)cc1. The van der Waals surface area contributed by atoms with E-state index in [9.17, 15) is 14.0 Å².